The first kappa shape index (κ1) is 29.4. The molecule has 0 saturated heterocycles. The number of aryl methyl sites for hydroxylation is 1. The third-order valence-corrected chi connectivity index (χ3v) is 6.27. The van der Waals surface area contributed by atoms with Crippen LogP contribution >= 0.6 is 0 Å². The number of allylic oxidation sites excluding steroid dienone is 1. The molecule has 41 heavy (non-hydrogen) atoms. The number of oxazole rings is 1. The predicted molar refractivity (Wildman–Crippen MR) is 144 cm³/mol. The van der Waals surface area contributed by atoms with E-state index in [1.165, 1.54) is 18.2 Å². The van der Waals surface area contributed by atoms with Crippen LogP contribution in [-0.4, -0.2) is 28.8 Å². The van der Waals surface area contributed by atoms with Crippen molar-refractivity contribution in [2.24, 2.45) is 0 Å². The Hall–Kier alpha value is -4.60. The Morgan fingerprint density at radius 3 is 2.51 bits per heavy atom. The number of carboxylic acids is 1. The van der Waals surface area contributed by atoms with E-state index in [0.29, 0.717) is 35.5 Å². The van der Waals surface area contributed by atoms with E-state index in [2.05, 4.69) is 4.98 Å². The van der Waals surface area contributed by atoms with Crippen molar-refractivity contribution in [1.82, 2.24) is 4.98 Å². The zero-order chi connectivity index (χ0) is 29.5. The van der Waals surface area contributed by atoms with Crippen LogP contribution in [0.25, 0.3) is 17.5 Å². The molecule has 4 rings (SSSR count). The summed E-state index contributed by atoms with van der Waals surface area (Å²) in [4.78, 5) is 16.2. The Bertz CT molecular complexity index is 1550. The highest BCUT2D eigenvalue weighted by Gasteiger charge is 2.24. The second-order valence-corrected chi connectivity index (χ2v) is 9.20. The summed E-state index contributed by atoms with van der Waals surface area (Å²) in [5, 5.41) is 9.45. The molecule has 4 aromatic rings. The topological polar surface area (TPSA) is 81.8 Å². The lowest BCUT2D eigenvalue weighted by molar-refractivity contribution is -0.145. The zero-order valence-corrected chi connectivity index (χ0v) is 22.3. The molecule has 6 nitrogen and oxygen atoms in total. The molecular weight excluding hydrogens is 542 g/mol. The quantitative estimate of drug-likeness (QED) is 0.141. The molecule has 1 atom stereocenters. The number of aromatic nitrogens is 1. The third kappa shape index (κ3) is 7.33. The molecule has 214 valence electrons. The summed E-state index contributed by atoms with van der Waals surface area (Å²) in [5.74, 6) is -5.17. The smallest absolute Gasteiger partial charge is 0.344 e. The number of halogens is 4. The highest BCUT2D eigenvalue weighted by atomic mass is 19.2. The first-order valence-electron chi connectivity index (χ1n) is 12.8. The highest BCUT2D eigenvalue weighted by molar-refractivity contribution is 5.72. The van der Waals surface area contributed by atoms with Crippen molar-refractivity contribution in [2.45, 2.75) is 39.2 Å². The Balaban J connectivity index is 1.37. The Kier molecular flexibility index (Phi) is 9.44. The molecule has 10 heteroatoms. The largest absolute Gasteiger partial charge is 0.493 e. The first-order valence-corrected chi connectivity index (χ1v) is 12.8. The van der Waals surface area contributed by atoms with Crippen molar-refractivity contribution in [3.05, 3.63) is 107 Å². The molecule has 1 aromatic heterocycles. The summed E-state index contributed by atoms with van der Waals surface area (Å²) in [7, 11) is 0. The van der Waals surface area contributed by atoms with E-state index in [1.54, 1.807) is 12.2 Å². The molecule has 0 spiro atoms. The van der Waals surface area contributed by atoms with Crippen molar-refractivity contribution in [3.8, 4) is 23.0 Å². The number of hydrogen-bond donors (Lipinski definition) is 1. The molecule has 0 aliphatic heterocycles. The van der Waals surface area contributed by atoms with Crippen LogP contribution in [0.2, 0.25) is 0 Å². The molecule has 0 radical (unpaired) electrons. The van der Waals surface area contributed by atoms with Gasteiger partial charge in [0.1, 0.15) is 23.1 Å². The van der Waals surface area contributed by atoms with Crippen LogP contribution in [0.4, 0.5) is 17.6 Å². The Morgan fingerprint density at radius 2 is 1.78 bits per heavy atom. The average molecular weight is 570 g/mol. The van der Waals surface area contributed by atoms with Gasteiger partial charge in [0, 0.05) is 29.2 Å². The number of carboxylic acid groups (broad SMARTS) is 1. The number of aliphatic carboxylic acids is 1. The summed E-state index contributed by atoms with van der Waals surface area (Å²) in [6.07, 6.45) is 1.95. The normalized spacial score (nSPS) is 12.0. The highest BCUT2D eigenvalue weighted by Crippen LogP contribution is 2.28. The van der Waals surface area contributed by atoms with E-state index >= 15 is 0 Å². The monoisotopic (exact) mass is 569 g/mol. The fourth-order valence-corrected chi connectivity index (χ4v) is 4.00. The maximum atomic E-state index is 14.1. The van der Waals surface area contributed by atoms with E-state index in [1.807, 2.05) is 37.3 Å². The van der Waals surface area contributed by atoms with Crippen molar-refractivity contribution < 1.29 is 41.4 Å². The van der Waals surface area contributed by atoms with E-state index in [4.69, 9.17) is 13.9 Å². The minimum absolute atomic E-state index is 0.117. The molecular formula is C31H27F4NO5. The van der Waals surface area contributed by atoms with Gasteiger partial charge in [0.15, 0.2) is 17.7 Å². The maximum Gasteiger partial charge on any atom is 0.344 e. The number of rotatable bonds is 12. The lowest BCUT2D eigenvalue weighted by Gasteiger charge is -2.16. The molecule has 1 unspecified atom stereocenters. The first-order chi connectivity index (χ1) is 19.6. The zero-order valence-electron chi connectivity index (χ0n) is 22.3. The predicted octanol–water partition coefficient (Wildman–Crippen LogP) is 7.46. The second-order valence-electron chi connectivity index (χ2n) is 9.20. The second kappa shape index (κ2) is 13.2. The van der Waals surface area contributed by atoms with Gasteiger partial charge in [-0.15, -0.1) is 0 Å². The van der Waals surface area contributed by atoms with Crippen LogP contribution in [0.3, 0.4) is 0 Å². The molecule has 1 N–H and O–H groups in total. The van der Waals surface area contributed by atoms with Gasteiger partial charge in [0.25, 0.3) is 0 Å². The van der Waals surface area contributed by atoms with Gasteiger partial charge in [0.2, 0.25) is 11.7 Å². The van der Waals surface area contributed by atoms with Gasteiger partial charge in [-0.25, -0.2) is 22.9 Å². The summed E-state index contributed by atoms with van der Waals surface area (Å²) >= 11 is 0. The van der Waals surface area contributed by atoms with Gasteiger partial charge >= 0.3 is 5.97 Å². The molecule has 0 fully saturated rings. The van der Waals surface area contributed by atoms with Crippen LogP contribution in [0.5, 0.6) is 11.5 Å². The van der Waals surface area contributed by atoms with Crippen LogP contribution in [-0.2, 0) is 11.2 Å². The lowest BCUT2D eigenvalue weighted by Crippen LogP contribution is -2.27. The third-order valence-electron chi connectivity index (χ3n) is 6.27. The van der Waals surface area contributed by atoms with Crippen LogP contribution in [0.15, 0.2) is 65.1 Å². The van der Waals surface area contributed by atoms with E-state index in [-0.39, 0.29) is 19.4 Å². The van der Waals surface area contributed by atoms with Crippen molar-refractivity contribution in [1.29, 1.82) is 0 Å². The molecule has 0 aliphatic rings. The molecule has 0 amide bonds. The number of ether oxygens (including phenoxy) is 2. The van der Waals surface area contributed by atoms with Crippen molar-refractivity contribution in [2.75, 3.05) is 6.61 Å². The standard InChI is InChI=1S/C31H27F4NO5/c1-18-23(33)17-27(29(35)28(18)34)41-26(31(37)38)11-7-6-10-21-16-22(32)12-13-25(21)39-15-14-24-19(2)40-30(36-24)20-8-4-3-5-9-20/h3-6,8-10,12-13,16-17,26H,7,11,14-15H2,1-2H3,(H,37,38). The van der Waals surface area contributed by atoms with E-state index in [0.717, 1.165) is 18.2 Å². The molecule has 0 saturated carbocycles. The summed E-state index contributed by atoms with van der Waals surface area (Å²) in [5.41, 5.74) is 1.46. The summed E-state index contributed by atoms with van der Waals surface area (Å²) in [6, 6.07) is 14.1. The molecule has 0 bridgehead atoms. The SMILES string of the molecule is Cc1oc(-c2ccccc2)nc1CCOc1ccc(F)cc1C=CCCC(Oc1cc(F)c(C)c(F)c1F)C(=O)O. The molecule has 0 aliphatic carbocycles. The fraction of sp³-hybridized carbons (Fsp3) is 0.226. The van der Waals surface area contributed by atoms with Gasteiger partial charge in [0.05, 0.1) is 12.3 Å². The van der Waals surface area contributed by atoms with Gasteiger partial charge in [-0.2, -0.15) is 4.39 Å². The van der Waals surface area contributed by atoms with Gasteiger partial charge in [-0.05, 0) is 57.0 Å². The number of nitrogens with zero attached hydrogens (tertiary/aromatic N) is 1. The fourth-order valence-electron chi connectivity index (χ4n) is 4.00. The van der Waals surface area contributed by atoms with Gasteiger partial charge in [-0.3, -0.25) is 0 Å². The van der Waals surface area contributed by atoms with E-state index < -0.39 is 46.7 Å². The maximum absolute atomic E-state index is 14.1. The lowest BCUT2D eigenvalue weighted by atomic mass is 10.1. The van der Waals surface area contributed by atoms with E-state index in [9.17, 15) is 27.5 Å². The summed E-state index contributed by atoms with van der Waals surface area (Å²) in [6.45, 7) is 3.10. The Labute approximate surface area is 233 Å². The van der Waals surface area contributed by atoms with Crippen LogP contribution < -0.4 is 9.47 Å². The van der Waals surface area contributed by atoms with Crippen LogP contribution in [0.1, 0.15) is 35.4 Å². The van der Waals surface area contributed by atoms with Crippen molar-refractivity contribution in [3.63, 3.8) is 0 Å². The minimum atomic E-state index is -1.58. The van der Waals surface area contributed by atoms with Gasteiger partial charge < -0.3 is 19.0 Å². The minimum Gasteiger partial charge on any atom is -0.493 e. The van der Waals surface area contributed by atoms with Crippen LogP contribution in [0, 0.1) is 37.1 Å². The Morgan fingerprint density at radius 1 is 1.02 bits per heavy atom. The van der Waals surface area contributed by atoms with Crippen molar-refractivity contribution >= 4 is 12.0 Å². The number of benzene rings is 3. The number of carbonyl (C=O) groups is 1. The van der Waals surface area contributed by atoms with Gasteiger partial charge in [-0.1, -0.05) is 30.4 Å². The average Bonchev–Trinajstić information content (AvgIpc) is 3.33. The number of hydrogen-bond acceptors (Lipinski definition) is 5. The summed E-state index contributed by atoms with van der Waals surface area (Å²) < 4.78 is 72.5. The molecule has 1 heterocycles. The molecule has 3 aromatic carbocycles.